The Morgan fingerprint density at radius 3 is 2.44 bits per heavy atom. The van der Waals surface area contributed by atoms with Crippen LogP contribution in [0.1, 0.15) is 5.56 Å². The molecule has 1 aromatic carbocycles. The lowest BCUT2D eigenvalue weighted by molar-refractivity contribution is -0.105. The summed E-state index contributed by atoms with van der Waals surface area (Å²) in [6.45, 7) is 1.45. The number of thioether (sulfide) groups is 1. The minimum atomic E-state index is -4.34. The molecule has 0 radical (unpaired) electrons. The van der Waals surface area contributed by atoms with Crippen molar-refractivity contribution in [3.05, 3.63) is 23.5 Å². The first-order valence-electron chi connectivity index (χ1n) is 4.71. The molecule has 0 bridgehead atoms. The Morgan fingerprint density at radius 1 is 1.33 bits per heavy atom. The molecular formula is C9H9BF4O3S. The van der Waals surface area contributed by atoms with Crippen LogP contribution in [-0.4, -0.2) is 29.3 Å². The van der Waals surface area contributed by atoms with Crippen molar-refractivity contribution in [3.63, 3.8) is 0 Å². The third-order valence-electron chi connectivity index (χ3n) is 1.85. The van der Waals surface area contributed by atoms with Gasteiger partial charge in [0.2, 0.25) is 0 Å². The van der Waals surface area contributed by atoms with Gasteiger partial charge in [-0.25, -0.2) is 4.39 Å². The maximum atomic E-state index is 13.3. The van der Waals surface area contributed by atoms with Gasteiger partial charge in [-0.2, -0.15) is 13.2 Å². The van der Waals surface area contributed by atoms with E-state index in [1.165, 1.54) is 6.92 Å². The molecule has 0 amide bonds. The SMILES string of the molecule is Cc1cc(F)c(OB(O)O)cc1SCC(F)(F)F. The third kappa shape index (κ3) is 4.75. The van der Waals surface area contributed by atoms with E-state index in [1.54, 1.807) is 0 Å². The molecule has 0 fully saturated rings. The molecule has 0 saturated carbocycles. The van der Waals surface area contributed by atoms with E-state index in [9.17, 15) is 17.6 Å². The lowest BCUT2D eigenvalue weighted by atomic mass is 10.2. The minimum Gasteiger partial charge on any atom is -0.510 e. The molecule has 0 spiro atoms. The van der Waals surface area contributed by atoms with Crippen molar-refractivity contribution in [2.45, 2.75) is 18.0 Å². The van der Waals surface area contributed by atoms with Crippen LogP contribution in [0, 0.1) is 12.7 Å². The smallest absolute Gasteiger partial charge is 0.510 e. The van der Waals surface area contributed by atoms with Crippen LogP contribution >= 0.6 is 11.8 Å². The van der Waals surface area contributed by atoms with Gasteiger partial charge < -0.3 is 14.7 Å². The maximum Gasteiger partial charge on any atom is 0.707 e. The lowest BCUT2D eigenvalue weighted by Gasteiger charge is -2.12. The van der Waals surface area contributed by atoms with Gasteiger partial charge in [0.25, 0.3) is 0 Å². The quantitative estimate of drug-likeness (QED) is 0.505. The van der Waals surface area contributed by atoms with E-state index in [0.29, 0.717) is 17.3 Å². The molecule has 0 aliphatic heterocycles. The van der Waals surface area contributed by atoms with Crippen molar-refractivity contribution in [1.29, 1.82) is 0 Å². The Bertz CT molecular complexity index is 425. The van der Waals surface area contributed by atoms with E-state index in [4.69, 9.17) is 10.0 Å². The Hall–Kier alpha value is -0.925. The number of benzene rings is 1. The van der Waals surface area contributed by atoms with Crippen LogP contribution < -0.4 is 4.65 Å². The predicted octanol–water partition coefficient (Wildman–Crippen LogP) is 2.14. The van der Waals surface area contributed by atoms with Gasteiger partial charge in [0.15, 0.2) is 5.82 Å². The molecule has 0 heterocycles. The normalized spacial score (nSPS) is 11.5. The summed E-state index contributed by atoms with van der Waals surface area (Å²) in [6, 6.07) is 1.97. The van der Waals surface area contributed by atoms with Crippen LogP contribution in [0.3, 0.4) is 0 Å². The second-order valence-electron chi connectivity index (χ2n) is 3.40. The van der Waals surface area contributed by atoms with Crippen molar-refractivity contribution in [2.75, 3.05) is 5.75 Å². The molecular weight excluding hydrogens is 275 g/mol. The molecule has 1 aromatic rings. The van der Waals surface area contributed by atoms with Crippen molar-refractivity contribution in [3.8, 4) is 5.75 Å². The van der Waals surface area contributed by atoms with Gasteiger partial charge >= 0.3 is 13.5 Å². The monoisotopic (exact) mass is 284 g/mol. The Labute approximate surface area is 105 Å². The highest BCUT2D eigenvalue weighted by Crippen LogP contribution is 2.33. The largest absolute Gasteiger partial charge is 0.707 e. The second kappa shape index (κ2) is 5.81. The van der Waals surface area contributed by atoms with Gasteiger partial charge in [0.05, 0.1) is 5.75 Å². The van der Waals surface area contributed by atoms with E-state index in [-0.39, 0.29) is 4.90 Å². The maximum absolute atomic E-state index is 13.3. The van der Waals surface area contributed by atoms with Crippen LogP contribution in [0.2, 0.25) is 0 Å². The molecule has 0 unspecified atom stereocenters. The zero-order chi connectivity index (χ0) is 13.9. The highest BCUT2D eigenvalue weighted by molar-refractivity contribution is 7.99. The molecule has 18 heavy (non-hydrogen) atoms. The molecule has 0 aliphatic carbocycles. The van der Waals surface area contributed by atoms with Gasteiger partial charge in [-0.15, -0.1) is 11.8 Å². The predicted molar refractivity (Wildman–Crippen MR) is 58.7 cm³/mol. The Morgan fingerprint density at radius 2 is 1.94 bits per heavy atom. The van der Waals surface area contributed by atoms with Gasteiger partial charge in [-0.05, 0) is 24.6 Å². The molecule has 100 valence electrons. The number of alkyl halides is 3. The third-order valence-corrected chi connectivity index (χ3v) is 3.08. The van der Waals surface area contributed by atoms with Crippen molar-refractivity contribution in [2.24, 2.45) is 0 Å². The molecule has 0 aliphatic rings. The summed E-state index contributed by atoms with van der Waals surface area (Å²) in [6.07, 6.45) is -4.34. The van der Waals surface area contributed by atoms with Crippen LogP contribution in [0.25, 0.3) is 0 Å². The van der Waals surface area contributed by atoms with Crippen LogP contribution in [0.4, 0.5) is 17.6 Å². The van der Waals surface area contributed by atoms with E-state index in [2.05, 4.69) is 4.65 Å². The number of halogens is 4. The summed E-state index contributed by atoms with van der Waals surface area (Å²) in [5.74, 6) is -2.52. The molecule has 1 rings (SSSR count). The summed E-state index contributed by atoms with van der Waals surface area (Å²) < 4.78 is 53.8. The van der Waals surface area contributed by atoms with Crippen molar-refractivity contribution in [1.82, 2.24) is 0 Å². The zero-order valence-electron chi connectivity index (χ0n) is 9.16. The lowest BCUT2D eigenvalue weighted by Crippen LogP contribution is -2.21. The van der Waals surface area contributed by atoms with Crippen LogP contribution in [-0.2, 0) is 0 Å². The van der Waals surface area contributed by atoms with E-state index < -0.39 is 30.8 Å². The molecule has 0 saturated heterocycles. The number of rotatable bonds is 4. The fourth-order valence-corrected chi connectivity index (χ4v) is 1.95. The first-order valence-corrected chi connectivity index (χ1v) is 5.70. The average molecular weight is 284 g/mol. The molecule has 0 atom stereocenters. The van der Waals surface area contributed by atoms with E-state index in [1.807, 2.05) is 0 Å². The van der Waals surface area contributed by atoms with Gasteiger partial charge in [0, 0.05) is 4.90 Å². The molecule has 0 aromatic heterocycles. The zero-order valence-corrected chi connectivity index (χ0v) is 9.98. The number of hydrogen-bond donors (Lipinski definition) is 2. The standard InChI is InChI=1S/C9H9BF4O3S/c1-5-2-6(11)7(17-10(15)16)3-8(5)18-4-9(12,13)14/h2-3,15-16H,4H2,1H3. The summed E-state index contributed by atoms with van der Waals surface area (Å²) in [5.41, 5.74) is 0.307. The Balaban J connectivity index is 2.91. The summed E-state index contributed by atoms with van der Waals surface area (Å²) in [4.78, 5) is 0.157. The second-order valence-corrected chi connectivity index (χ2v) is 4.41. The van der Waals surface area contributed by atoms with Crippen molar-refractivity contribution >= 4 is 19.1 Å². The highest BCUT2D eigenvalue weighted by Gasteiger charge is 2.28. The topological polar surface area (TPSA) is 49.7 Å². The fourth-order valence-electron chi connectivity index (χ4n) is 1.15. The van der Waals surface area contributed by atoms with E-state index in [0.717, 1.165) is 12.1 Å². The van der Waals surface area contributed by atoms with Crippen LogP contribution in [0.15, 0.2) is 17.0 Å². The first kappa shape index (κ1) is 15.1. The first-order chi connectivity index (χ1) is 8.19. The molecule has 9 heteroatoms. The average Bonchev–Trinajstić information content (AvgIpc) is 2.18. The molecule has 2 N–H and O–H groups in total. The fraction of sp³-hybridized carbons (Fsp3) is 0.333. The van der Waals surface area contributed by atoms with Crippen molar-refractivity contribution < 1.29 is 32.3 Å². The minimum absolute atomic E-state index is 0.157. The summed E-state index contributed by atoms with van der Waals surface area (Å²) in [7, 11) is -2.23. The van der Waals surface area contributed by atoms with Gasteiger partial charge in [-0.1, -0.05) is 0 Å². The summed E-state index contributed by atoms with van der Waals surface area (Å²) >= 11 is 0.469. The molecule has 3 nitrogen and oxygen atoms in total. The van der Waals surface area contributed by atoms with Gasteiger partial charge in [0.1, 0.15) is 5.75 Å². The number of hydrogen-bond acceptors (Lipinski definition) is 4. The Kier molecular flexibility index (Phi) is 4.88. The van der Waals surface area contributed by atoms with Crippen LogP contribution in [0.5, 0.6) is 5.75 Å². The van der Waals surface area contributed by atoms with Gasteiger partial charge in [-0.3, -0.25) is 0 Å². The number of aryl methyl sites for hydroxylation is 1. The highest BCUT2D eigenvalue weighted by atomic mass is 32.2. The van der Waals surface area contributed by atoms with E-state index >= 15 is 0 Å². The summed E-state index contributed by atoms with van der Waals surface area (Å²) in [5, 5.41) is 17.1.